The largest absolute Gasteiger partial charge is 0.444 e. The molecule has 0 radical (unpaired) electrons. The predicted octanol–water partition coefficient (Wildman–Crippen LogP) is 5.13. The van der Waals surface area contributed by atoms with Gasteiger partial charge in [0.25, 0.3) is 11.5 Å². The highest BCUT2D eigenvalue weighted by Crippen LogP contribution is 2.32. The molecule has 40 heavy (non-hydrogen) atoms. The van der Waals surface area contributed by atoms with Gasteiger partial charge < -0.3 is 24.4 Å². The minimum absolute atomic E-state index is 0.0244. The quantitative estimate of drug-likeness (QED) is 0.530. The maximum absolute atomic E-state index is 14.9. The number of benzene rings is 1. The van der Waals surface area contributed by atoms with E-state index in [4.69, 9.17) is 4.74 Å². The van der Waals surface area contributed by atoms with E-state index in [-0.39, 0.29) is 47.1 Å². The number of hydrogen-bond acceptors (Lipinski definition) is 5. The zero-order valence-electron chi connectivity index (χ0n) is 25.1. The molecule has 0 aliphatic carbocycles. The Morgan fingerprint density at radius 1 is 1.15 bits per heavy atom. The van der Waals surface area contributed by atoms with Crippen molar-refractivity contribution >= 4 is 17.7 Å². The Bertz CT molecular complexity index is 1350. The van der Waals surface area contributed by atoms with Crippen LogP contribution < -0.4 is 15.8 Å². The van der Waals surface area contributed by atoms with Gasteiger partial charge in [-0.3, -0.25) is 9.59 Å². The lowest BCUT2D eigenvalue weighted by Crippen LogP contribution is -2.52. The van der Waals surface area contributed by atoms with Crippen LogP contribution in [-0.2, 0) is 18.3 Å². The van der Waals surface area contributed by atoms with Gasteiger partial charge in [-0.25, -0.2) is 13.6 Å². The zero-order valence-corrected chi connectivity index (χ0v) is 25.1. The van der Waals surface area contributed by atoms with Crippen LogP contribution in [0, 0.1) is 32.4 Å². The van der Waals surface area contributed by atoms with Gasteiger partial charge in [-0.1, -0.05) is 0 Å². The third kappa shape index (κ3) is 6.47. The molecule has 3 rings (SSSR count). The number of carbonyl (C=O) groups is 2. The van der Waals surface area contributed by atoms with Gasteiger partial charge in [0.1, 0.15) is 17.2 Å². The van der Waals surface area contributed by atoms with Crippen molar-refractivity contribution < 1.29 is 23.1 Å². The summed E-state index contributed by atoms with van der Waals surface area (Å²) in [6.07, 6.45) is 0.976. The highest BCUT2D eigenvalue weighted by Gasteiger charge is 2.34. The molecular formula is C30H42F2N4O4. The standard InChI is InChI=1S/C30H42F2N4O4/c1-10-35(22-11-12-36(17(2)13-22)29(39)40-30(6,7)8)25-15-21(31)14-23(18(25)3)27(37)33-16-24-19(4)26(32)20(5)34(9)28(24)38/h14-15,17,22H,10-13,16H2,1-9H3,(H,33,37)/t17-,22?/m1/s1. The number of ether oxygens (including phenoxy) is 1. The van der Waals surface area contributed by atoms with Gasteiger partial charge in [-0.05, 0) is 91.5 Å². The van der Waals surface area contributed by atoms with E-state index in [1.807, 2.05) is 34.6 Å². The number of aromatic nitrogens is 1. The van der Waals surface area contributed by atoms with Crippen molar-refractivity contribution in [2.75, 3.05) is 18.0 Å². The van der Waals surface area contributed by atoms with E-state index in [1.54, 1.807) is 11.8 Å². The molecule has 10 heteroatoms. The Kier molecular flexibility index (Phi) is 9.31. The molecule has 1 aliphatic rings. The first-order valence-corrected chi connectivity index (χ1v) is 13.8. The van der Waals surface area contributed by atoms with Crippen LogP contribution in [0.5, 0.6) is 0 Å². The highest BCUT2D eigenvalue weighted by atomic mass is 19.1. The van der Waals surface area contributed by atoms with Gasteiger partial charge >= 0.3 is 6.09 Å². The molecule has 2 atom stereocenters. The van der Waals surface area contributed by atoms with E-state index in [0.717, 1.165) is 0 Å². The van der Waals surface area contributed by atoms with Gasteiger partial charge in [-0.2, -0.15) is 0 Å². The molecule has 1 saturated heterocycles. The molecule has 2 aromatic rings. The van der Waals surface area contributed by atoms with Crippen molar-refractivity contribution in [3.05, 3.63) is 62.1 Å². The van der Waals surface area contributed by atoms with Crippen molar-refractivity contribution in [1.82, 2.24) is 14.8 Å². The Morgan fingerprint density at radius 2 is 1.80 bits per heavy atom. The summed E-state index contributed by atoms with van der Waals surface area (Å²) < 4.78 is 36.2. The van der Waals surface area contributed by atoms with E-state index in [2.05, 4.69) is 10.2 Å². The SMILES string of the molecule is CCN(c1cc(F)cc(C(=O)NCc2c(C)c(F)c(C)n(C)c2=O)c1C)C1CCN(C(=O)OC(C)(C)C)[C@H](C)C1. The maximum atomic E-state index is 14.9. The second-order valence-electron chi connectivity index (χ2n) is 11.6. The van der Waals surface area contributed by atoms with Crippen molar-refractivity contribution in [2.24, 2.45) is 7.05 Å². The number of nitrogens with one attached hydrogen (secondary N) is 1. The second kappa shape index (κ2) is 12.0. The molecule has 1 aliphatic heterocycles. The molecule has 1 N–H and O–H groups in total. The monoisotopic (exact) mass is 560 g/mol. The van der Waals surface area contributed by atoms with Crippen molar-refractivity contribution in [3.8, 4) is 0 Å². The Morgan fingerprint density at radius 3 is 2.38 bits per heavy atom. The molecule has 1 unspecified atom stereocenters. The van der Waals surface area contributed by atoms with Crippen LogP contribution in [0.4, 0.5) is 19.3 Å². The van der Waals surface area contributed by atoms with Crippen molar-refractivity contribution in [1.29, 1.82) is 0 Å². The number of nitrogens with zero attached hydrogens (tertiary/aromatic N) is 3. The molecule has 2 amide bonds. The fraction of sp³-hybridized carbons (Fsp3) is 0.567. The average molecular weight is 561 g/mol. The fourth-order valence-corrected chi connectivity index (χ4v) is 5.38. The number of piperidine rings is 1. The number of hydrogen-bond donors (Lipinski definition) is 1. The number of amides is 2. The first-order valence-electron chi connectivity index (χ1n) is 13.8. The first kappa shape index (κ1) is 31.1. The lowest BCUT2D eigenvalue weighted by molar-refractivity contribution is 0.0103. The van der Waals surface area contributed by atoms with Gasteiger partial charge in [0.2, 0.25) is 0 Å². The number of pyridine rings is 1. The molecule has 0 spiro atoms. The number of anilines is 1. The summed E-state index contributed by atoms with van der Waals surface area (Å²) in [5.41, 5.74) is 0.918. The number of carbonyl (C=O) groups excluding carboxylic acids is 2. The summed E-state index contributed by atoms with van der Waals surface area (Å²) in [7, 11) is 1.48. The maximum Gasteiger partial charge on any atom is 0.410 e. The molecule has 1 aromatic carbocycles. The van der Waals surface area contributed by atoms with Crippen LogP contribution in [0.15, 0.2) is 16.9 Å². The van der Waals surface area contributed by atoms with Crippen LogP contribution in [0.2, 0.25) is 0 Å². The van der Waals surface area contributed by atoms with Gasteiger partial charge in [0.05, 0.1) is 5.69 Å². The van der Waals surface area contributed by atoms with E-state index in [1.165, 1.54) is 37.6 Å². The lowest BCUT2D eigenvalue weighted by atomic mass is 9.95. The number of rotatable bonds is 6. The summed E-state index contributed by atoms with van der Waals surface area (Å²) in [5, 5.41) is 2.68. The average Bonchev–Trinajstić information content (AvgIpc) is 2.87. The molecule has 1 aromatic heterocycles. The molecule has 8 nitrogen and oxygen atoms in total. The highest BCUT2D eigenvalue weighted by molar-refractivity contribution is 5.97. The minimum atomic E-state index is -0.585. The third-order valence-corrected chi connectivity index (χ3v) is 7.75. The Hall–Kier alpha value is -3.43. The molecule has 0 saturated carbocycles. The van der Waals surface area contributed by atoms with E-state index in [0.29, 0.717) is 37.2 Å². The smallest absolute Gasteiger partial charge is 0.410 e. The third-order valence-electron chi connectivity index (χ3n) is 7.75. The molecule has 2 heterocycles. The van der Waals surface area contributed by atoms with Crippen LogP contribution in [-0.4, -0.2) is 52.2 Å². The lowest BCUT2D eigenvalue weighted by Gasteiger charge is -2.43. The Balaban J connectivity index is 1.82. The van der Waals surface area contributed by atoms with E-state index in [9.17, 15) is 23.2 Å². The summed E-state index contributed by atoms with van der Waals surface area (Å²) in [6.45, 7) is 15.1. The van der Waals surface area contributed by atoms with Crippen LogP contribution in [0.1, 0.15) is 80.2 Å². The van der Waals surface area contributed by atoms with Crippen molar-refractivity contribution in [3.63, 3.8) is 0 Å². The minimum Gasteiger partial charge on any atom is -0.444 e. The summed E-state index contributed by atoms with van der Waals surface area (Å²) >= 11 is 0. The van der Waals surface area contributed by atoms with Crippen LogP contribution in [0.25, 0.3) is 0 Å². The molecule has 0 bridgehead atoms. The van der Waals surface area contributed by atoms with Crippen LogP contribution >= 0.6 is 0 Å². The normalized spacial score (nSPS) is 17.5. The number of halogens is 2. The first-order chi connectivity index (χ1) is 18.6. The van der Waals surface area contributed by atoms with Gasteiger partial charge in [0.15, 0.2) is 0 Å². The van der Waals surface area contributed by atoms with E-state index >= 15 is 0 Å². The summed E-state index contributed by atoms with van der Waals surface area (Å²) in [6, 6.07) is 2.54. The molecular weight excluding hydrogens is 518 g/mol. The fourth-order valence-electron chi connectivity index (χ4n) is 5.38. The predicted molar refractivity (Wildman–Crippen MR) is 152 cm³/mol. The zero-order chi connectivity index (χ0) is 30.1. The molecule has 1 fully saturated rings. The molecule has 220 valence electrons. The second-order valence-corrected chi connectivity index (χ2v) is 11.6. The van der Waals surface area contributed by atoms with Gasteiger partial charge in [0, 0.05) is 55.6 Å². The van der Waals surface area contributed by atoms with Crippen LogP contribution in [0.3, 0.4) is 0 Å². The van der Waals surface area contributed by atoms with Gasteiger partial charge in [-0.15, -0.1) is 0 Å². The topological polar surface area (TPSA) is 83.9 Å². The Labute approximate surface area is 235 Å². The summed E-state index contributed by atoms with van der Waals surface area (Å²) in [5.74, 6) is -1.61. The van der Waals surface area contributed by atoms with Crippen molar-refractivity contribution in [2.45, 2.75) is 92.5 Å². The van der Waals surface area contributed by atoms with E-state index < -0.39 is 28.7 Å². The summed E-state index contributed by atoms with van der Waals surface area (Å²) in [4.78, 5) is 42.4. The number of likely N-dealkylation sites (tertiary alicyclic amines) is 1.